The second-order valence-corrected chi connectivity index (χ2v) is 9.98. The topological polar surface area (TPSA) is 63.7 Å². The average molecular weight is 479 g/mol. The number of fused-ring (bicyclic) bond motifs is 5. The predicted molar refractivity (Wildman–Crippen MR) is 100 cm³/mol. The lowest BCUT2D eigenvalue weighted by atomic mass is 9.81. The van der Waals surface area contributed by atoms with Gasteiger partial charge in [-0.1, -0.05) is 52.6 Å². The molecule has 7 heteroatoms. The van der Waals surface area contributed by atoms with Crippen LogP contribution in [0.4, 0.5) is 0 Å². The van der Waals surface area contributed by atoms with E-state index in [-0.39, 0.29) is 51.1 Å². The minimum atomic E-state index is -0.792. The maximum Gasteiger partial charge on any atom is 0.329 e. The van der Waals surface area contributed by atoms with Crippen LogP contribution in [-0.2, 0) is 19.1 Å². The Hall–Kier alpha value is -0.430. The van der Waals surface area contributed by atoms with Crippen molar-refractivity contribution in [3.05, 3.63) is 0 Å². The van der Waals surface area contributed by atoms with Crippen LogP contribution >= 0.6 is 31.9 Å². The van der Waals surface area contributed by atoms with Gasteiger partial charge < -0.3 is 4.74 Å². The van der Waals surface area contributed by atoms with E-state index >= 15 is 0 Å². The van der Waals surface area contributed by atoms with Crippen LogP contribution in [0.3, 0.4) is 0 Å². The molecule has 3 rings (SSSR count). The Bertz CT molecular complexity index is 549. The minimum absolute atomic E-state index is 0.159. The van der Waals surface area contributed by atoms with E-state index in [1.807, 2.05) is 20.8 Å². The fourth-order valence-corrected chi connectivity index (χ4v) is 6.60. The van der Waals surface area contributed by atoms with Crippen molar-refractivity contribution in [2.75, 3.05) is 6.61 Å². The number of alkyl halides is 2. The lowest BCUT2D eigenvalue weighted by Crippen LogP contribution is -2.47. The first kappa shape index (κ1) is 19.3. The smallest absolute Gasteiger partial charge is 0.329 e. The van der Waals surface area contributed by atoms with Crippen LogP contribution in [0, 0.1) is 29.6 Å². The van der Waals surface area contributed by atoms with Crippen LogP contribution in [0.1, 0.15) is 40.0 Å². The molecule has 0 aromatic rings. The van der Waals surface area contributed by atoms with E-state index in [4.69, 9.17) is 4.74 Å². The van der Waals surface area contributed by atoms with E-state index in [0.717, 1.165) is 6.42 Å². The predicted octanol–water partition coefficient (Wildman–Crippen LogP) is 3.13. The number of amides is 2. The first-order chi connectivity index (χ1) is 11.8. The largest absolute Gasteiger partial charge is 0.464 e. The number of esters is 1. The molecular formula is C18H25Br2NO4. The SMILES string of the molecule is CCCOC(=O)[C@H](CC(C)C)N1C(=O)[C@@H]2[C@H]3C[C@@H]([C@@H](Br)[C@H]3Br)[C@H]2C1=O. The van der Waals surface area contributed by atoms with Crippen molar-refractivity contribution in [3.8, 4) is 0 Å². The van der Waals surface area contributed by atoms with Crippen molar-refractivity contribution < 1.29 is 19.1 Å². The number of halogens is 2. The summed E-state index contributed by atoms with van der Waals surface area (Å²) in [5.74, 6) is -0.871. The van der Waals surface area contributed by atoms with Gasteiger partial charge in [0.25, 0.3) is 0 Å². The first-order valence-electron chi connectivity index (χ1n) is 9.11. The monoisotopic (exact) mass is 477 g/mol. The summed E-state index contributed by atoms with van der Waals surface area (Å²) in [4.78, 5) is 40.4. The second-order valence-electron chi connectivity index (χ2n) is 7.86. The van der Waals surface area contributed by atoms with E-state index < -0.39 is 12.0 Å². The highest BCUT2D eigenvalue weighted by Crippen LogP contribution is 2.60. The minimum Gasteiger partial charge on any atom is -0.464 e. The van der Waals surface area contributed by atoms with Crippen LogP contribution in [0.15, 0.2) is 0 Å². The number of carbonyl (C=O) groups is 3. The summed E-state index contributed by atoms with van der Waals surface area (Å²) in [6, 6.07) is -0.792. The number of hydrogen-bond acceptors (Lipinski definition) is 4. The molecule has 1 heterocycles. The van der Waals surface area contributed by atoms with Gasteiger partial charge >= 0.3 is 5.97 Å². The van der Waals surface area contributed by atoms with Gasteiger partial charge in [-0.25, -0.2) is 4.79 Å². The van der Waals surface area contributed by atoms with Crippen molar-refractivity contribution >= 4 is 49.6 Å². The molecule has 0 aromatic carbocycles. The molecule has 0 radical (unpaired) electrons. The van der Waals surface area contributed by atoms with Gasteiger partial charge in [-0.3, -0.25) is 14.5 Å². The molecule has 2 aliphatic carbocycles. The second kappa shape index (κ2) is 7.29. The van der Waals surface area contributed by atoms with Crippen LogP contribution < -0.4 is 0 Å². The van der Waals surface area contributed by atoms with Gasteiger partial charge in [-0.05, 0) is 37.0 Å². The van der Waals surface area contributed by atoms with Gasteiger partial charge in [-0.15, -0.1) is 0 Å². The third kappa shape index (κ3) is 3.09. The van der Waals surface area contributed by atoms with E-state index in [1.54, 1.807) is 0 Å². The molecule has 0 N–H and O–H groups in total. The van der Waals surface area contributed by atoms with Crippen molar-refractivity contribution in [2.45, 2.75) is 55.7 Å². The summed E-state index contributed by atoms with van der Waals surface area (Å²) in [7, 11) is 0. The lowest BCUT2D eigenvalue weighted by molar-refractivity contribution is -0.160. The number of rotatable bonds is 6. The van der Waals surface area contributed by atoms with Crippen molar-refractivity contribution in [3.63, 3.8) is 0 Å². The van der Waals surface area contributed by atoms with E-state index in [2.05, 4.69) is 31.9 Å². The van der Waals surface area contributed by atoms with E-state index in [9.17, 15) is 14.4 Å². The number of ether oxygens (including phenoxy) is 1. The highest BCUT2D eigenvalue weighted by molar-refractivity contribution is 9.12. The van der Waals surface area contributed by atoms with E-state index in [1.165, 1.54) is 4.90 Å². The Kier molecular flexibility index (Phi) is 5.64. The zero-order valence-electron chi connectivity index (χ0n) is 14.8. The standard InChI is InChI=1S/C18H25Br2NO4/c1-4-5-25-18(24)11(6-8(2)3)21-16(22)12-9-7-10(13(12)17(21)23)15(20)14(9)19/h8-15H,4-7H2,1-3H3/t9-,10-,11+,12-,13-,14-,15+/m1/s1. The quantitative estimate of drug-likeness (QED) is 0.334. The number of imide groups is 1. The summed E-state index contributed by atoms with van der Waals surface area (Å²) in [5, 5.41) is 0. The molecule has 3 aliphatic rings. The van der Waals surface area contributed by atoms with Crippen molar-refractivity contribution in [1.82, 2.24) is 4.90 Å². The normalized spacial score (nSPS) is 37.8. The van der Waals surface area contributed by atoms with Crippen LogP contribution in [-0.4, -0.2) is 45.0 Å². The Morgan fingerprint density at radius 2 is 1.68 bits per heavy atom. The molecule has 0 unspecified atom stereocenters. The van der Waals surface area contributed by atoms with Crippen LogP contribution in [0.25, 0.3) is 0 Å². The third-order valence-corrected chi connectivity index (χ3v) is 8.95. The van der Waals surface area contributed by atoms with Gasteiger partial charge in [-0.2, -0.15) is 0 Å². The summed E-state index contributed by atoms with van der Waals surface area (Å²) in [6.45, 7) is 6.21. The molecule has 25 heavy (non-hydrogen) atoms. The Balaban J connectivity index is 1.86. The molecule has 2 amide bonds. The van der Waals surface area contributed by atoms with Crippen LogP contribution in [0.5, 0.6) is 0 Å². The fraction of sp³-hybridized carbons (Fsp3) is 0.833. The summed E-state index contributed by atoms with van der Waals surface area (Å²) < 4.78 is 5.29. The fourth-order valence-electron chi connectivity index (χ4n) is 4.73. The number of hydrogen-bond donors (Lipinski definition) is 0. The average Bonchev–Trinajstić information content (AvgIpc) is 3.15. The third-order valence-electron chi connectivity index (χ3n) is 5.75. The molecule has 5 nitrogen and oxygen atoms in total. The molecule has 2 bridgehead atoms. The number of likely N-dealkylation sites (tertiary alicyclic amines) is 1. The Labute approximate surface area is 165 Å². The molecular weight excluding hydrogens is 454 g/mol. The molecule has 0 spiro atoms. The highest BCUT2D eigenvalue weighted by Gasteiger charge is 2.67. The zero-order chi connectivity index (χ0) is 18.5. The van der Waals surface area contributed by atoms with E-state index in [0.29, 0.717) is 19.4 Å². The summed E-state index contributed by atoms with van der Waals surface area (Å²) >= 11 is 7.37. The Morgan fingerprint density at radius 1 is 1.16 bits per heavy atom. The lowest BCUT2D eigenvalue weighted by Gasteiger charge is -2.28. The molecule has 3 fully saturated rings. The maximum absolute atomic E-state index is 13.1. The highest BCUT2D eigenvalue weighted by atomic mass is 79.9. The van der Waals surface area contributed by atoms with Crippen LogP contribution in [0.2, 0.25) is 0 Å². The molecule has 2 saturated carbocycles. The maximum atomic E-state index is 13.1. The van der Waals surface area contributed by atoms with Crippen molar-refractivity contribution in [2.24, 2.45) is 29.6 Å². The molecule has 0 aromatic heterocycles. The van der Waals surface area contributed by atoms with Gasteiger partial charge in [0.15, 0.2) is 0 Å². The molecule has 1 aliphatic heterocycles. The molecule has 7 atom stereocenters. The zero-order valence-corrected chi connectivity index (χ0v) is 18.0. The number of nitrogens with zero attached hydrogens (tertiary/aromatic N) is 1. The summed E-state index contributed by atoms with van der Waals surface area (Å²) in [5.41, 5.74) is 0. The van der Waals surface area contributed by atoms with Gasteiger partial charge in [0.2, 0.25) is 11.8 Å². The van der Waals surface area contributed by atoms with Gasteiger partial charge in [0.1, 0.15) is 6.04 Å². The first-order valence-corrected chi connectivity index (χ1v) is 10.9. The van der Waals surface area contributed by atoms with Gasteiger partial charge in [0.05, 0.1) is 18.4 Å². The Morgan fingerprint density at radius 3 is 2.12 bits per heavy atom. The summed E-state index contributed by atoms with van der Waals surface area (Å²) in [6.07, 6.45) is 2.06. The molecule has 140 valence electrons. The number of carbonyl (C=O) groups excluding carboxylic acids is 3. The van der Waals surface area contributed by atoms with Gasteiger partial charge in [0, 0.05) is 9.65 Å². The van der Waals surface area contributed by atoms with Crippen molar-refractivity contribution in [1.29, 1.82) is 0 Å². The molecule has 1 saturated heterocycles.